The Bertz CT molecular complexity index is 807. The molecule has 3 aliphatic rings. The molecule has 4 N–H and O–H groups in total. The molecule has 0 heterocycles. The third-order valence-corrected chi connectivity index (χ3v) is 8.88. The second-order valence-corrected chi connectivity index (χ2v) is 12.0. The number of hydrogen-bond acceptors (Lipinski definition) is 5. The minimum Gasteiger partial charge on any atom is -0.461 e. The van der Waals surface area contributed by atoms with Crippen molar-refractivity contribution < 1.29 is 19.7 Å². The van der Waals surface area contributed by atoms with E-state index in [1.807, 2.05) is 13.8 Å². The van der Waals surface area contributed by atoms with Gasteiger partial charge in [0.05, 0.1) is 18.2 Å². The van der Waals surface area contributed by atoms with Crippen LogP contribution in [0.3, 0.4) is 0 Å². The van der Waals surface area contributed by atoms with E-state index in [1.54, 1.807) is 0 Å². The van der Waals surface area contributed by atoms with Crippen molar-refractivity contribution in [3.63, 3.8) is 0 Å². The van der Waals surface area contributed by atoms with Crippen molar-refractivity contribution in [2.24, 2.45) is 28.9 Å². The molecule has 192 valence electrons. The lowest BCUT2D eigenvalue weighted by atomic mass is 9.60. The predicted octanol–water partition coefficient (Wildman–Crippen LogP) is 5.21. The number of esters is 1. The third-order valence-electron chi connectivity index (χ3n) is 8.88. The van der Waals surface area contributed by atoms with Gasteiger partial charge in [0.2, 0.25) is 0 Å². The van der Waals surface area contributed by atoms with E-state index in [9.17, 15) is 15.0 Å². The summed E-state index contributed by atoms with van der Waals surface area (Å²) in [5.74, 6) is 1.56. The average molecular weight is 474 g/mol. The highest BCUT2D eigenvalue weighted by atomic mass is 16.5. The van der Waals surface area contributed by atoms with Gasteiger partial charge in [0, 0.05) is 12.8 Å². The first kappa shape index (κ1) is 27.2. The molecular formula is C29H47NO4. The molecule has 0 spiro atoms. The molecule has 3 aliphatic carbocycles. The zero-order valence-electron chi connectivity index (χ0n) is 21.8. The van der Waals surface area contributed by atoms with Gasteiger partial charge in [-0.2, -0.15) is 0 Å². The van der Waals surface area contributed by atoms with Gasteiger partial charge >= 0.3 is 5.97 Å². The van der Waals surface area contributed by atoms with Crippen molar-refractivity contribution >= 4 is 5.97 Å². The fourth-order valence-corrected chi connectivity index (χ4v) is 7.04. The summed E-state index contributed by atoms with van der Waals surface area (Å²) in [5.41, 5.74) is 8.38. The van der Waals surface area contributed by atoms with Crippen LogP contribution in [0.1, 0.15) is 91.9 Å². The van der Waals surface area contributed by atoms with Crippen LogP contribution in [0.2, 0.25) is 0 Å². The molecule has 0 aromatic heterocycles. The summed E-state index contributed by atoms with van der Waals surface area (Å²) in [6, 6.07) is 0. The molecule has 3 rings (SSSR count). The molecule has 5 nitrogen and oxygen atoms in total. The van der Waals surface area contributed by atoms with Crippen LogP contribution in [0.15, 0.2) is 35.5 Å². The Labute approximate surface area is 206 Å². The molecule has 6 atom stereocenters. The van der Waals surface area contributed by atoms with Gasteiger partial charge in [-0.05, 0) is 86.7 Å². The first-order valence-electron chi connectivity index (χ1n) is 13.3. The number of fused-ring (bicyclic) bond motifs is 1. The Morgan fingerprint density at radius 3 is 2.76 bits per heavy atom. The molecule has 3 saturated carbocycles. The number of carbonyl (C=O) groups excluding carboxylic acids is 1. The van der Waals surface area contributed by atoms with E-state index in [2.05, 4.69) is 32.6 Å². The highest BCUT2D eigenvalue weighted by Crippen LogP contribution is 2.60. The summed E-state index contributed by atoms with van der Waals surface area (Å²) in [6.07, 6.45) is 13.6. The van der Waals surface area contributed by atoms with Gasteiger partial charge in [0.25, 0.3) is 0 Å². The van der Waals surface area contributed by atoms with E-state index >= 15 is 0 Å². The average Bonchev–Trinajstić information content (AvgIpc) is 3.11. The summed E-state index contributed by atoms with van der Waals surface area (Å²) in [4.78, 5) is 11.6. The van der Waals surface area contributed by atoms with Gasteiger partial charge in [-0.15, -0.1) is 0 Å². The van der Waals surface area contributed by atoms with Crippen LogP contribution in [0.4, 0.5) is 0 Å². The summed E-state index contributed by atoms with van der Waals surface area (Å²) < 4.78 is 5.42. The number of rotatable bonds is 8. The van der Waals surface area contributed by atoms with Crippen LogP contribution in [-0.2, 0) is 9.53 Å². The highest BCUT2D eigenvalue weighted by molar-refractivity contribution is 5.71. The van der Waals surface area contributed by atoms with Crippen LogP contribution in [0.25, 0.3) is 0 Å². The van der Waals surface area contributed by atoms with Crippen molar-refractivity contribution in [2.75, 3.05) is 6.54 Å². The maximum atomic E-state index is 11.6. The number of aliphatic hydroxyl groups excluding tert-OH is 1. The van der Waals surface area contributed by atoms with Gasteiger partial charge in [-0.1, -0.05) is 51.0 Å². The Morgan fingerprint density at radius 2 is 2.09 bits per heavy atom. The number of nitrogens with two attached hydrogens (primary N) is 1. The zero-order valence-corrected chi connectivity index (χ0v) is 21.8. The second kappa shape index (κ2) is 11.1. The minimum atomic E-state index is -0.689. The Hall–Kier alpha value is -1.43. The molecule has 0 amide bonds. The van der Waals surface area contributed by atoms with Crippen LogP contribution in [0.5, 0.6) is 0 Å². The van der Waals surface area contributed by atoms with Gasteiger partial charge in [0.1, 0.15) is 6.10 Å². The fraction of sp³-hybridized carbons (Fsp3) is 0.759. The Balaban J connectivity index is 1.71. The summed E-state index contributed by atoms with van der Waals surface area (Å²) in [6.45, 7) is 12.7. The highest BCUT2D eigenvalue weighted by Gasteiger charge is 2.50. The smallest absolute Gasteiger partial charge is 0.319 e. The van der Waals surface area contributed by atoms with Crippen molar-refractivity contribution in [1.82, 2.24) is 0 Å². The summed E-state index contributed by atoms with van der Waals surface area (Å²) >= 11 is 0. The zero-order chi connectivity index (χ0) is 25.1. The molecule has 0 saturated heterocycles. The molecule has 0 aliphatic heterocycles. The van der Waals surface area contributed by atoms with E-state index in [-0.39, 0.29) is 12.6 Å². The van der Waals surface area contributed by atoms with Crippen LogP contribution in [0, 0.1) is 23.2 Å². The maximum absolute atomic E-state index is 11.6. The molecule has 34 heavy (non-hydrogen) atoms. The first-order valence-corrected chi connectivity index (χ1v) is 13.3. The summed E-state index contributed by atoms with van der Waals surface area (Å²) in [7, 11) is 0. The molecule has 0 aromatic rings. The minimum absolute atomic E-state index is 0.145. The molecule has 0 bridgehead atoms. The number of aliphatic hydroxyl groups is 2. The molecule has 0 radical (unpaired) electrons. The van der Waals surface area contributed by atoms with Crippen molar-refractivity contribution in [2.45, 2.75) is 110 Å². The molecule has 5 heteroatoms. The molecule has 3 fully saturated rings. The maximum Gasteiger partial charge on any atom is 0.319 e. The van der Waals surface area contributed by atoms with E-state index in [1.165, 1.54) is 37.7 Å². The van der Waals surface area contributed by atoms with Crippen molar-refractivity contribution in [3.8, 4) is 0 Å². The molecule has 0 aromatic carbocycles. The van der Waals surface area contributed by atoms with E-state index in [0.29, 0.717) is 30.1 Å². The van der Waals surface area contributed by atoms with E-state index in [0.717, 1.165) is 36.3 Å². The lowest BCUT2D eigenvalue weighted by Crippen LogP contribution is -2.36. The lowest BCUT2D eigenvalue weighted by molar-refractivity contribution is -0.148. The Kier molecular flexibility index (Phi) is 8.86. The third kappa shape index (κ3) is 6.41. The first-order chi connectivity index (χ1) is 15.9. The van der Waals surface area contributed by atoms with Crippen LogP contribution >= 0.6 is 0 Å². The van der Waals surface area contributed by atoms with Crippen LogP contribution in [-0.4, -0.2) is 40.5 Å². The number of ether oxygens (including phenoxy) is 1. The quantitative estimate of drug-likeness (QED) is 0.421. The number of hydrogen-bond donors (Lipinski definition) is 3. The second-order valence-electron chi connectivity index (χ2n) is 12.0. The van der Waals surface area contributed by atoms with E-state index in [4.69, 9.17) is 10.5 Å². The number of allylic oxidation sites excluding steroid dienone is 3. The van der Waals surface area contributed by atoms with Crippen molar-refractivity contribution in [3.05, 3.63) is 35.5 Å². The van der Waals surface area contributed by atoms with Gasteiger partial charge < -0.3 is 20.7 Å². The molecular weight excluding hydrogens is 426 g/mol. The SMILES string of the molecule is C=C1/C(=C\C=C2CCC[C@@]3(C)C2CC[C@@H]3[C@H](C)CCCC(C)(C)O)C[C@@H](OC(=O)CN)CC1O. The number of carbonyl (C=O) groups is 1. The Morgan fingerprint density at radius 1 is 1.35 bits per heavy atom. The van der Waals surface area contributed by atoms with Gasteiger partial charge in [-0.3, -0.25) is 4.79 Å². The van der Waals surface area contributed by atoms with Crippen LogP contribution < -0.4 is 5.73 Å². The fourth-order valence-electron chi connectivity index (χ4n) is 7.04. The normalized spacial score (nSPS) is 35.4. The predicted molar refractivity (Wildman–Crippen MR) is 137 cm³/mol. The van der Waals surface area contributed by atoms with Gasteiger partial charge in [-0.25, -0.2) is 0 Å². The standard InChI is InChI=1S/C29H47NO4/c1-19(8-6-14-28(3,4)33)24-12-13-25-21(9-7-15-29(24,25)5)10-11-22-16-23(34-27(32)18-30)17-26(31)20(22)2/h10-11,19,23-26,31,33H,2,6-9,12-18,30H2,1,3-5H3/b21-10?,22-11-/t19-,23-,24-,25?,26?,29-/m1/s1. The van der Waals surface area contributed by atoms with Crippen molar-refractivity contribution in [1.29, 1.82) is 0 Å². The largest absolute Gasteiger partial charge is 0.461 e. The lowest BCUT2D eigenvalue weighted by Gasteiger charge is -2.44. The molecule has 2 unspecified atom stereocenters. The monoisotopic (exact) mass is 473 g/mol. The van der Waals surface area contributed by atoms with Gasteiger partial charge in [0.15, 0.2) is 0 Å². The van der Waals surface area contributed by atoms with E-state index < -0.39 is 17.7 Å². The topological polar surface area (TPSA) is 92.8 Å². The summed E-state index contributed by atoms with van der Waals surface area (Å²) in [5, 5.41) is 20.5.